The lowest BCUT2D eigenvalue weighted by molar-refractivity contribution is -0.130. The lowest BCUT2D eigenvalue weighted by Gasteiger charge is -2.24. The van der Waals surface area contributed by atoms with Crippen LogP contribution < -0.4 is 10.6 Å². The van der Waals surface area contributed by atoms with Gasteiger partial charge in [-0.3, -0.25) is 9.59 Å². The Balaban J connectivity index is 1.59. The van der Waals surface area contributed by atoms with Gasteiger partial charge in [-0.2, -0.15) is 4.80 Å². The third kappa shape index (κ3) is 10.6. The van der Waals surface area contributed by atoms with Crippen molar-refractivity contribution in [2.45, 2.75) is 78.6 Å². The van der Waals surface area contributed by atoms with Crippen LogP contribution in [0.5, 0.6) is 0 Å². The number of amides is 2. The maximum absolute atomic E-state index is 13.3. The number of nitrogens with zero attached hydrogens (tertiary/aromatic N) is 4. The lowest BCUT2D eigenvalue weighted by atomic mass is 9.98. The first-order valence-electron chi connectivity index (χ1n) is 13.8. The fourth-order valence-corrected chi connectivity index (χ4v) is 4.22. The molecule has 0 aliphatic carbocycles. The number of ether oxygens (including phenoxy) is 1. The first-order chi connectivity index (χ1) is 19.2. The number of hydrogen-bond donors (Lipinski definition) is 2. The van der Waals surface area contributed by atoms with Crippen LogP contribution in [0.2, 0.25) is 0 Å². The van der Waals surface area contributed by atoms with Crippen molar-refractivity contribution in [3.05, 3.63) is 77.6 Å². The predicted molar refractivity (Wildman–Crippen MR) is 151 cm³/mol. The van der Waals surface area contributed by atoms with Gasteiger partial charge in [0.05, 0.1) is 6.04 Å². The van der Waals surface area contributed by atoms with Crippen LogP contribution in [0.4, 0.5) is 4.79 Å². The van der Waals surface area contributed by atoms with Crippen LogP contribution >= 0.6 is 0 Å². The maximum Gasteiger partial charge on any atom is 0.408 e. The number of hydrogen-bond acceptors (Lipinski definition) is 7. The molecule has 3 rings (SSSR count). The number of tetrazole rings is 1. The van der Waals surface area contributed by atoms with Gasteiger partial charge in [-0.15, -0.1) is 10.2 Å². The molecule has 3 aromatic rings. The molecule has 2 N–H and O–H groups in total. The minimum absolute atomic E-state index is 0.0927. The number of aryl methyl sites for hydroxylation is 2. The number of alkyl carbamates (subject to hydrolysis) is 1. The van der Waals surface area contributed by atoms with Gasteiger partial charge in [-0.1, -0.05) is 88.4 Å². The largest absolute Gasteiger partial charge is 0.445 e. The first-order valence-corrected chi connectivity index (χ1v) is 13.8. The highest BCUT2D eigenvalue weighted by Gasteiger charge is 2.28. The Morgan fingerprint density at radius 1 is 0.800 bits per heavy atom. The number of Topliss-reactive ketones (excluding diaryl/α,β-unsaturated/α-hetero) is 1. The van der Waals surface area contributed by atoms with Crippen LogP contribution in [-0.4, -0.2) is 50.1 Å². The topological polar surface area (TPSA) is 128 Å². The van der Waals surface area contributed by atoms with Gasteiger partial charge in [0.25, 0.3) is 0 Å². The Morgan fingerprint density at radius 2 is 1.40 bits per heavy atom. The van der Waals surface area contributed by atoms with Crippen LogP contribution in [0.15, 0.2) is 60.7 Å². The van der Waals surface area contributed by atoms with E-state index in [2.05, 4.69) is 26.0 Å². The van der Waals surface area contributed by atoms with E-state index in [4.69, 9.17) is 4.74 Å². The summed E-state index contributed by atoms with van der Waals surface area (Å²) in [5, 5.41) is 18.0. The zero-order valence-corrected chi connectivity index (χ0v) is 23.7. The molecule has 2 atom stereocenters. The average Bonchev–Trinajstić information content (AvgIpc) is 3.37. The summed E-state index contributed by atoms with van der Waals surface area (Å²) >= 11 is 0. The summed E-state index contributed by atoms with van der Waals surface area (Å²) in [6.45, 7) is 7.85. The molecule has 10 nitrogen and oxygen atoms in total. The van der Waals surface area contributed by atoms with E-state index in [1.54, 1.807) is 0 Å². The minimum Gasteiger partial charge on any atom is -0.445 e. The van der Waals surface area contributed by atoms with Crippen molar-refractivity contribution in [1.29, 1.82) is 0 Å². The summed E-state index contributed by atoms with van der Waals surface area (Å²) in [5.41, 5.74) is 2.01. The van der Waals surface area contributed by atoms with Gasteiger partial charge >= 0.3 is 6.09 Å². The van der Waals surface area contributed by atoms with E-state index < -0.39 is 24.1 Å². The molecule has 10 heteroatoms. The standard InChI is InChI=1S/C30H40N6O4/c1-21(2)17-25(27(37)19-36-34-28(33-35-36)16-15-23-11-7-5-8-12-23)31-29(38)26(18-22(3)4)32-30(39)40-20-24-13-9-6-10-14-24/h5-14,21-22,25-26H,15-20H2,1-4H3,(H,31,38)(H,32,39)/t25-,26-/m0/s1. The Bertz CT molecular complexity index is 1210. The molecule has 1 aromatic heterocycles. The number of aromatic nitrogens is 4. The molecule has 0 unspecified atom stereocenters. The van der Waals surface area contributed by atoms with Gasteiger partial charge in [-0.05, 0) is 47.4 Å². The van der Waals surface area contributed by atoms with E-state index in [1.165, 1.54) is 10.4 Å². The van der Waals surface area contributed by atoms with E-state index in [1.807, 2.05) is 88.4 Å². The van der Waals surface area contributed by atoms with E-state index >= 15 is 0 Å². The third-order valence-electron chi connectivity index (χ3n) is 6.21. The van der Waals surface area contributed by atoms with Crippen molar-refractivity contribution in [2.24, 2.45) is 11.8 Å². The van der Waals surface area contributed by atoms with E-state index in [0.717, 1.165) is 12.0 Å². The number of rotatable bonds is 15. The van der Waals surface area contributed by atoms with Crippen LogP contribution in [0.25, 0.3) is 0 Å². The Morgan fingerprint density at radius 3 is 2.02 bits per heavy atom. The van der Waals surface area contributed by atoms with E-state index in [0.29, 0.717) is 25.1 Å². The number of carbonyl (C=O) groups excluding carboxylic acids is 3. The van der Waals surface area contributed by atoms with Gasteiger partial charge in [0, 0.05) is 6.42 Å². The number of benzene rings is 2. The number of ketones is 1. The van der Waals surface area contributed by atoms with Gasteiger partial charge in [0.2, 0.25) is 5.91 Å². The highest BCUT2D eigenvalue weighted by atomic mass is 16.5. The fourth-order valence-electron chi connectivity index (χ4n) is 4.22. The van der Waals surface area contributed by atoms with Crippen LogP contribution in [0.3, 0.4) is 0 Å². The van der Waals surface area contributed by atoms with Crippen molar-refractivity contribution in [3.63, 3.8) is 0 Å². The highest BCUT2D eigenvalue weighted by molar-refractivity contribution is 5.92. The molecule has 2 aromatic carbocycles. The quantitative estimate of drug-likeness (QED) is 0.295. The Kier molecular flexibility index (Phi) is 11.8. The molecule has 1 heterocycles. The monoisotopic (exact) mass is 548 g/mol. The number of nitrogens with one attached hydrogen (secondary N) is 2. The van der Waals surface area contributed by atoms with Crippen LogP contribution in [-0.2, 0) is 40.3 Å². The summed E-state index contributed by atoms with van der Waals surface area (Å²) < 4.78 is 5.31. The minimum atomic E-state index is -0.847. The molecule has 0 aliphatic heterocycles. The van der Waals surface area contributed by atoms with Crippen molar-refractivity contribution in [2.75, 3.05) is 0 Å². The Labute approximate surface area is 235 Å². The summed E-state index contributed by atoms with van der Waals surface area (Å²) in [6.07, 6.45) is 1.51. The molecule has 2 amide bonds. The second-order valence-corrected chi connectivity index (χ2v) is 10.8. The zero-order valence-electron chi connectivity index (χ0n) is 23.7. The Hall–Kier alpha value is -4.08. The molecule has 0 radical (unpaired) electrons. The van der Waals surface area contributed by atoms with Gasteiger partial charge < -0.3 is 15.4 Å². The van der Waals surface area contributed by atoms with Crippen molar-refractivity contribution in [1.82, 2.24) is 30.8 Å². The fraction of sp³-hybridized carbons (Fsp3) is 0.467. The van der Waals surface area contributed by atoms with Crippen LogP contribution in [0.1, 0.15) is 57.5 Å². The van der Waals surface area contributed by atoms with E-state index in [-0.39, 0.29) is 30.8 Å². The van der Waals surface area contributed by atoms with Gasteiger partial charge in [0.15, 0.2) is 11.6 Å². The SMILES string of the molecule is CC(C)C[C@H](NC(=O)[C@H](CC(C)C)NC(=O)OCc1ccccc1)C(=O)Cn1nnc(CCc2ccccc2)n1. The van der Waals surface area contributed by atoms with Crippen LogP contribution in [0, 0.1) is 11.8 Å². The zero-order chi connectivity index (χ0) is 28.9. The summed E-state index contributed by atoms with van der Waals surface area (Å²) in [6, 6.07) is 17.7. The number of carbonyl (C=O) groups is 3. The molecular weight excluding hydrogens is 508 g/mol. The average molecular weight is 549 g/mol. The van der Waals surface area contributed by atoms with Crippen molar-refractivity contribution in [3.8, 4) is 0 Å². The smallest absolute Gasteiger partial charge is 0.408 e. The molecule has 0 spiro atoms. The molecule has 0 fully saturated rings. The third-order valence-corrected chi connectivity index (χ3v) is 6.21. The first kappa shape index (κ1) is 30.5. The maximum atomic E-state index is 13.3. The van der Waals surface area contributed by atoms with Gasteiger partial charge in [-0.25, -0.2) is 4.79 Å². The molecular formula is C30H40N6O4. The summed E-state index contributed by atoms with van der Waals surface area (Å²) in [5.74, 6) is 0.157. The summed E-state index contributed by atoms with van der Waals surface area (Å²) in [4.78, 5) is 40.3. The highest BCUT2D eigenvalue weighted by Crippen LogP contribution is 2.11. The van der Waals surface area contributed by atoms with Gasteiger partial charge in [0.1, 0.15) is 19.2 Å². The predicted octanol–water partition coefficient (Wildman–Crippen LogP) is 3.90. The lowest BCUT2D eigenvalue weighted by Crippen LogP contribution is -2.52. The molecule has 0 saturated carbocycles. The summed E-state index contributed by atoms with van der Waals surface area (Å²) in [7, 11) is 0. The molecule has 0 saturated heterocycles. The molecule has 40 heavy (non-hydrogen) atoms. The normalized spacial score (nSPS) is 12.7. The van der Waals surface area contributed by atoms with E-state index in [9.17, 15) is 14.4 Å². The second-order valence-electron chi connectivity index (χ2n) is 10.8. The second kappa shape index (κ2) is 15.5. The van der Waals surface area contributed by atoms with Crippen molar-refractivity contribution >= 4 is 17.8 Å². The molecule has 0 aliphatic rings. The van der Waals surface area contributed by atoms with Crippen molar-refractivity contribution < 1.29 is 19.1 Å². The molecule has 0 bridgehead atoms. The molecule has 214 valence electrons.